The lowest BCUT2D eigenvalue weighted by Crippen LogP contribution is -2.20. The predicted octanol–water partition coefficient (Wildman–Crippen LogP) is 3.93. The van der Waals surface area contributed by atoms with E-state index in [2.05, 4.69) is 21.2 Å². The first-order valence-corrected chi connectivity index (χ1v) is 7.65. The van der Waals surface area contributed by atoms with Crippen LogP contribution in [0.2, 0.25) is 5.02 Å². The fourth-order valence-electron chi connectivity index (χ4n) is 1.89. The monoisotopic (exact) mass is 368 g/mol. The van der Waals surface area contributed by atoms with Crippen LogP contribution in [0, 0.1) is 0 Å². The van der Waals surface area contributed by atoms with E-state index in [0.717, 1.165) is 10.9 Å². The second-order valence-corrected chi connectivity index (χ2v) is 5.85. The Labute approximate surface area is 135 Å². The third-order valence-corrected chi connectivity index (χ3v) is 3.70. The van der Waals surface area contributed by atoms with Crippen molar-refractivity contribution >= 4 is 39.1 Å². The summed E-state index contributed by atoms with van der Waals surface area (Å²) in [5.41, 5.74) is 0.846. The van der Waals surface area contributed by atoms with E-state index in [9.17, 15) is 9.59 Å². The number of carbonyl (C=O) groups is 1. The van der Waals surface area contributed by atoms with E-state index in [1.54, 1.807) is 35.0 Å². The number of pyridine rings is 1. The van der Waals surface area contributed by atoms with Crippen LogP contribution in [0.15, 0.2) is 45.8 Å². The van der Waals surface area contributed by atoms with Crippen molar-refractivity contribution in [2.24, 2.45) is 0 Å². The van der Waals surface area contributed by atoms with Crippen LogP contribution in [0.4, 0.5) is 5.69 Å². The summed E-state index contributed by atoms with van der Waals surface area (Å²) in [6.45, 7) is 2.60. The molecule has 0 bridgehead atoms. The molecule has 4 nitrogen and oxygen atoms in total. The normalized spacial score (nSPS) is 10.4. The first-order valence-electron chi connectivity index (χ1n) is 6.48. The maximum absolute atomic E-state index is 12.2. The van der Waals surface area contributed by atoms with Crippen LogP contribution in [-0.2, 0) is 6.54 Å². The summed E-state index contributed by atoms with van der Waals surface area (Å²) in [4.78, 5) is 23.9. The zero-order valence-corrected chi connectivity index (χ0v) is 13.7. The molecule has 1 heterocycles. The van der Waals surface area contributed by atoms with Gasteiger partial charge in [-0.3, -0.25) is 9.59 Å². The number of carbonyl (C=O) groups excluding carboxylic acids is 1. The van der Waals surface area contributed by atoms with Gasteiger partial charge < -0.3 is 9.88 Å². The molecule has 0 saturated heterocycles. The van der Waals surface area contributed by atoms with Gasteiger partial charge in [0, 0.05) is 23.3 Å². The van der Waals surface area contributed by atoms with Crippen molar-refractivity contribution in [3.8, 4) is 0 Å². The fraction of sp³-hybridized carbons (Fsp3) is 0.200. The standard InChI is InChI=1S/C15H14BrClN2O2/c1-2-7-19-9-11(4-6-14(19)20)18-15(21)12-8-10(16)3-5-13(12)17/h3-6,8-9H,2,7H2,1H3,(H,18,21). The quantitative estimate of drug-likeness (QED) is 0.888. The van der Waals surface area contributed by atoms with Crippen LogP contribution in [0.5, 0.6) is 0 Å². The predicted molar refractivity (Wildman–Crippen MR) is 88.1 cm³/mol. The molecule has 0 fully saturated rings. The molecule has 0 aliphatic carbocycles. The van der Waals surface area contributed by atoms with Crippen LogP contribution in [0.1, 0.15) is 23.7 Å². The van der Waals surface area contributed by atoms with Crippen molar-refractivity contribution in [2.75, 3.05) is 5.32 Å². The molecule has 0 saturated carbocycles. The number of rotatable bonds is 4. The summed E-state index contributed by atoms with van der Waals surface area (Å²) >= 11 is 9.33. The Balaban J connectivity index is 2.25. The number of hydrogen-bond acceptors (Lipinski definition) is 2. The minimum Gasteiger partial charge on any atom is -0.321 e. The molecule has 2 aromatic rings. The Morgan fingerprint density at radius 3 is 2.81 bits per heavy atom. The molecule has 6 heteroatoms. The number of aromatic nitrogens is 1. The molecule has 0 atom stereocenters. The summed E-state index contributed by atoms with van der Waals surface area (Å²) in [6.07, 6.45) is 2.48. The van der Waals surface area contributed by atoms with Crippen molar-refractivity contribution in [2.45, 2.75) is 19.9 Å². The summed E-state index contributed by atoms with van der Waals surface area (Å²) < 4.78 is 2.34. The van der Waals surface area contributed by atoms with Crippen LogP contribution in [0.3, 0.4) is 0 Å². The molecule has 1 aromatic heterocycles. The molecule has 21 heavy (non-hydrogen) atoms. The van der Waals surface area contributed by atoms with Gasteiger partial charge in [-0.2, -0.15) is 0 Å². The van der Waals surface area contributed by atoms with Crippen LogP contribution >= 0.6 is 27.5 Å². The molecule has 2 rings (SSSR count). The number of hydrogen-bond donors (Lipinski definition) is 1. The average molecular weight is 370 g/mol. The number of anilines is 1. The molecule has 1 aromatic carbocycles. The summed E-state index contributed by atoms with van der Waals surface area (Å²) in [7, 11) is 0. The van der Waals surface area contributed by atoms with Crippen molar-refractivity contribution in [1.82, 2.24) is 4.57 Å². The molecule has 0 aliphatic heterocycles. The molecule has 0 aliphatic rings. The van der Waals surface area contributed by atoms with Gasteiger partial charge in [0.15, 0.2) is 0 Å². The maximum Gasteiger partial charge on any atom is 0.257 e. The second kappa shape index (κ2) is 6.91. The lowest BCUT2D eigenvalue weighted by atomic mass is 10.2. The number of aryl methyl sites for hydroxylation is 1. The lowest BCUT2D eigenvalue weighted by molar-refractivity contribution is 0.102. The van der Waals surface area contributed by atoms with Crippen LogP contribution < -0.4 is 10.9 Å². The zero-order valence-electron chi connectivity index (χ0n) is 11.4. The molecular formula is C15H14BrClN2O2. The molecular weight excluding hydrogens is 356 g/mol. The molecule has 0 spiro atoms. The van der Waals surface area contributed by atoms with Crippen molar-refractivity contribution < 1.29 is 4.79 Å². The van der Waals surface area contributed by atoms with E-state index in [0.29, 0.717) is 22.8 Å². The Morgan fingerprint density at radius 2 is 2.10 bits per heavy atom. The number of nitrogens with one attached hydrogen (secondary N) is 1. The van der Waals surface area contributed by atoms with E-state index in [1.165, 1.54) is 6.07 Å². The third kappa shape index (κ3) is 3.95. The van der Waals surface area contributed by atoms with Gasteiger partial charge >= 0.3 is 0 Å². The minimum absolute atomic E-state index is 0.0877. The molecule has 1 N–H and O–H groups in total. The first kappa shape index (κ1) is 15.8. The summed E-state index contributed by atoms with van der Waals surface area (Å²) in [5, 5.41) is 3.12. The number of benzene rings is 1. The summed E-state index contributed by atoms with van der Waals surface area (Å²) in [6, 6.07) is 8.09. The van der Waals surface area contributed by atoms with Crippen molar-refractivity contribution in [1.29, 1.82) is 0 Å². The van der Waals surface area contributed by atoms with Crippen LogP contribution in [-0.4, -0.2) is 10.5 Å². The first-order chi connectivity index (χ1) is 10.0. The van der Waals surface area contributed by atoms with Gasteiger partial charge in [-0.1, -0.05) is 34.5 Å². The Morgan fingerprint density at radius 1 is 1.33 bits per heavy atom. The Hall–Kier alpha value is -1.59. The zero-order chi connectivity index (χ0) is 15.4. The third-order valence-electron chi connectivity index (χ3n) is 2.88. The highest BCUT2D eigenvalue weighted by Gasteiger charge is 2.11. The molecule has 0 unspecified atom stereocenters. The van der Waals surface area contributed by atoms with E-state index in [1.807, 2.05) is 6.92 Å². The van der Waals surface area contributed by atoms with Gasteiger partial charge in [0.05, 0.1) is 16.3 Å². The van der Waals surface area contributed by atoms with Crippen LogP contribution in [0.25, 0.3) is 0 Å². The minimum atomic E-state index is -0.317. The van der Waals surface area contributed by atoms with E-state index >= 15 is 0 Å². The SMILES string of the molecule is CCCn1cc(NC(=O)c2cc(Br)ccc2Cl)ccc1=O. The highest BCUT2D eigenvalue weighted by molar-refractivity contribution is 9.10. The van der Waals surface area contributed by atoms with Crippen molar-refractivity contribution in [3.63, 3.8) is 0 Å². The van der Waals surface area contributed by atoms with Gasteiger partial charge in [0.1, 0.15) is 0 Å². The Bertz CT molecular complexity index is 728. The van der Waals surface area contributed by atoms with Gasteiger partial charge in [-0.05, 0) is 30.7 Å². The topological polar surface area (TPSA) is 51.1 Å². The summed E-state index contributed by atoms with van der Waals surface area (Å²) in [5.74, 6) is -0.317. The van der Waals surface area contributed by atoms with E-state index in [4.69, 9.17) is 11.6 Å². The lowest BCUT2D eigenvalue weighted by Gasteiger charge is -2.10. The number of halogens is 2. The number of nitrogens with zero attached hydrogens (tertiary/aromatic N) is 1. The van der Waals surface area contributed by atoms with Gasteiger partial charge in [0.25, 0.3) is 11.5 Å². The largest absolute Gasteiger partial charge is 0.321 e. The van der Waals surface area contributed by atoms with Gasteiger partial charge in [0.2, 0.25) is 0 Å². The molecule has 1 amide bonds. The average Bonchev–Trinajstić information content (AvgIpc) is 2.45. The van der Waals surface area contributed by atoms with E-state index < -0.39 is 0 Å². The van der Waals surface area contributed by atoms with E-state index in [-0.39, 0.29) is 11.5 Å². The smallest absolute Gasteiger partial charge is 0.257 e. The van der Waals surface area contributed by atoms with Gasteiger partial charge in [-0.15, -0.1) is 0 Å². The maximum atomic E-state index is 12.2. The molecule has 0 radical (unpaired) electrons. The molecule has 110 valence electrons. The van der Waals surface area contributed by atoms with Gasteiger partial charge in [-0.25, -0.2) is 0 Å². The highest BCUT2D eigenvalue weighted by Crippen LogP contribution is 2.22. The Kier molecular flexibility index (Phi) is 5.20. The highest BCUT2D eigenvalue weighted by atomic mass is 79.9. The van der Waals surface area contributed by atoms with Crippen molar-refractivity contribution in [3.05, 3.63) is 61.9 Å². The fourth-order valence-corrected chi connectivity index (χ4v) is 2.46. The second-order valence-electron chi connectivity index (χ2n) is 4.53. The number of amides is 1.